The summed E-state index contributed by atoms with van der Waals surface area (Å²) < 4.78 is 55.7. The number of thiophene rings is 1. The quantitative estimate of drug-likeness (QED) is 0.436. The molecule has 0 bridgehead atoms. The van der Waals surface area contributed by atoms with Crippen molar-refractivity contribution < 1.29 is 21.6 Å². The molecule has 11 heteroatoms. The van der Waals surface area contributed by atoms with E-state index in [4.69, 9.17) is 0 Å². The van der Waals surface area contributed by atoms with Crippen LogP contribution in [-0.4, -0.2) is 51.0 Å². The topological polar surface area (TPSA) is 104 Å². The maximum atomic E-state index is 13.5. The van der Waals surface area contributed by atoms with Crippen LogP contribution in [0.25, 0.3) is 0 Å². The average Bonchev–Trinajstić information content (AvgIpc) is 3.38. The van der Waals surface area contributed by atoms with E-state index in [1.54, 1.807) is 30.3 Å². The predicted octanol–water partition coefficient (Wildman–Crippen LogP) is 4.00. The van der Waals surface area contributed by atoms with E-state index in [9.17, 15) is 21.6 Å². The number of piperidine rings is 1. The third kappa shape index (κ3) is 6.22. The molecule has 1 saturated heterocycles. The SMILES string of the molecule is CC1CCN(S(=O)(=O)c2ccc(S(=O)(=O)N(CC(=O)Nc3ccccc3)Cc3cccs3)cc2)CC1. The van der Waals surface area contributed by atoms with Gasteiger partial charge in [-0.1, -0.05) is 31.2 Å². The number of anilines is 1. The van der Waals surface area contributed by atoms with Gasteiger partial charge < -0.3 is 5.32 Å². The van der Waals surface area contributed by atoms with Gasteiger partial charge in [-0.3, -0.25) is 4.79 Å². The summed E-state index contributed by atoms with van der Waals surface area (Å²) >= 11 is 1.39. The highest BCUT2D eigenvalue weighted by Gasteiger charge is 2.30. The fourth-order valence-electron chi connectivity index (χ4n) is 3.99. The van der Waals surface area contributed by atoms with Gasteiger partial charge in [0.1, 0.15) is 0 Å². The van der Waals surface area contributed by atoms with Crippen molar-refractivity contribution in [1.29, 1.82) is 0 Å². The molecule has 8 nitrogen and oxygen atoms in total. The lowest BCUT2D eigenvalue weighted by molar-refractivity contribution is -0.116. The number of hydrogen-bond donors (Lipinski definition) is 1. The molecule has 36 heavy (non-hydrogen) atoms. The lowest BCUT2D eigenvalue weighted by Gasteiger charge is -2.29. The van der Waals surface area contributed by atoms with Crippen LogP contribution in [0.3, 0.4) is 0 Å². The lowest BCUT2D eigenvalue weighted by Crippen LogP contribution is -2.38. The van der Waals surface area contributed by atoms with Crippen LogP contribution >= 0.6 is 11.3 Å². The summed E-state index contributed by atoms with van der Waals surface area (Å²) in [6.45, 7) is 2.64. The lowest BCUT2D eigenvalue weighted by atomic mass is 10.0. The smallest absolute Gasteiger partial charge is 0.243 e. The molecule has 0 radical (unpaired) electrons. The van der Waals surface area contributed by atoms with Crippen LogP contribution in [0.15, 0.2) is 81.9 Å². The van der Waals surface area contributed by atoms with Crippen LogP contribution in [0.5, 0.6) is 0 Å². The number of benzene rings is 2. The van der Waals surface area contributed by atoms with E-state index in [0.29, 0.717) is 24.7 Å². The van der Waals surface area contributed by atoms with Gasteiger partial charge in [0.15, 0.2) is 0 Å². The van der Waals surface area contributed by atoms with E-state index >= 15 is 0 Å². The minimum atomic E-state index is -4.09. The minimum absolute atomic E-state index is 0.0220. The maximum Gasteiger partial charge on any atom is 0.243 e. The zero-order chi connectivity index (χ0) is 25.8. The van der Waals surface area contributed by atoms with Crippen LogP contribution in [0.4, 0.5) is 5.69 Å². The molecule has 1 aliphatic rings. The Morgan fingerprint density at radius 1 is 0.944 bits per heavy atom. The first-order chi connectivity index (χ1) is 17.2. The summed E-state index contributed by atoms with van der Waals surface area (Å²) in [5.41, 5.74) is 0.567. The molecule has 0 atom stereocenters. The third-order valence-corrected chi connectivity index (χ3v) is 10.7. The van der Waals surface area contributed by atoms with Gasteiger partial charge in [-0.25, -0.2) is 16.8 Å². The van der Waals surface area contributed by atoms with Crippen molar-refractivity contribution in [2.45, 2.75) is 36.1 Å². The summed E-state index contributed by atoms with van der Waals surface area (Å²) in [6, 6.07) is 17.7. The van der Waals surface area contributed by atoms with Gasteiger partial charge >= 0.3 is 0 Å². The monoisotopic (exact) mass is 547 g/mol. The first-order valence-corrected chi connectivity index (χ1v) is 15.4. The number of nitrogens with one attached hydrogen (secondary N) is 1. The van der Waals surface area contributed by atoms with Gasteiger partial charge in [-0.2, -0.15) is 8.61 Å². The second-order valence-corrected chi connectivity index (χ2v) is 13.7. The average molecular weight is 548 g/mol. The number of nitrogens with zero attached hydrogens (tertiary/aromatic N) is 2. The van der Waals surface area contributed by atoms with E-state index in [-0.39, 0.29) is 22.9 Å². The van der Waals surface area contributed by atoms with Gasteiger partial charge in [0.25, 0.3) is 0 Å². The highest BCUT2D eigenvalue weighted by molar-refractivity contribution is 7.89. The molecule has 4 rings (SSSR count). The standard InChI is InChI=1S/C25H29N3O5S3/c1-20-13-15-27(16-14-20)35(30,31)23-9-11-24(12-10-23)36(32,33)28(18-22-8-5-17-34-22)19-25(29)26-21-6-3-2-4-7-21/h2-12,17,20H,13-16,18-19H2,1H3,(H,26,29). The van der Waals surface area contributed by atoms with Crippen LogP contribution < -0.4 is 5.32 Å². The van der Waals surface area contributed by atoms with Gasteiger partial charge in [-0.15, -0.1) is 11.3 Å². The fraction of sp³-hybridized carbons (Fsp3) is 0.320. The highest BCUT2D eigenvalue weighted by atomic mass is 32.2. The second kappa shape index (κ2) is 11.2. The minimum Gasteiger partial charge on any atom is -0.325 e. The molecule has 0 spiro atoms. The van der Waals surface area contributed by atoms with Crippen LogP contribution in [0.2, 0.25) is 0 Å². The second-order valence-electron chi connectivity index (χ2n) is 8.82. The molecule has 2 heterocycles. The van der Waals surface area contributed by atoms with E-state index in [1.807, 2.05) is 17.5 Å². The van der Waals surface area contributed by atoms with Crippen molar-refractivity contribution in [2.75, 3.05) is 25.0 Å². The fourth-order valence-corrected chi connectivity index (χ4v) is 7.64. The molecule has 0 aliphatic carbocycles. The number of carbonyl (C=O) groups is 1. The molecule has 1 fully saturated rings. The third-order valence-electron chi connectivity index (χ3n) is 6.13. The Labute approximate surface area is 216 Å². The van der Waals surface area contributed by atoms with Crippen molar-refractivity contribution in [3.8, 4) is 0 Å². The Bertz CT molecular complexity index is 1370. The number of para-hydroxylation sites is 1. The van der Waals surface area contributed by atoms with Gasteiger partial charge in [-0.05, 0) is 66.6 Å². The Morgan fingerprint density at radius 2 is 1.58 bits per heavy atom. The molecular formula is C25H29N3O5S3. The van der Waals surface area contributed by atoms with E-state index in [2.05, 4.69) is 12.2 Å². The largest absolute Gasteiger partial charge is 0.325 e. The number of carbonyl (C=O) groups excluding carboxylic acids is 1. The summed E-state index contributed by atoms with van der Waals surface area (Å²) in [7, 11) is -7.79. The molecule has 1 aliphatic heterocycles. The molecule has 1 aromatic heterocycles. The molecule has 0 saturated carbocycles. The van der Waals surface area contributed by atoms with Gasteiger partial charge in [0.2, 0.25) is 26.0 Å². The van der Waals surface area contributed by atoms with Crippen molar-refractivity contribution in [3.05, 3.63) is 77.0 Å². The molecule has 3 aromatic rings. The number of hydrogen-bond acceptors (Lipinski definition) is 6. The van der Waals surface area contributed by atoms with E-state index in [0.717, 1.165) is 22.0 Å². The Hall–Kier alpha value is -2.57. The first kappa shape index (κ1) is 26.5. The van der Waals surface area contributed by atoms with E-state index < -0.39 is 26.0 Å². The van der Waals surface area contributed by atoms with Crippen molar-refractivity contribution in [1.82, 2.24) is 8.61 Å². The van der Waals surface area contributed by atoms with E-state index in [1.165, 1.54) is 39.9 Å². The molecule has 1 amide bonds. The van der Waals surface area contributed by atoms with Crippen molar-refractivity contribution in [2.24, 2.45) is 5.92 Å². The first-order valence-electron chi connectivity index (χ1n) is 11.6. The Kier molecular flexibility index (Phi) is 8.26. The number of amides is 1. The normalized spacial score (nSPS) is 15.7. The Morgan fingerprint density at radius 3 is 2.19 bits per heavy atom. The molecule has 0 unspecified atom stereocenters. The maximum absolute atomic E-state index is 13.5. The summed E-state index contributed by atoms with van der Waals surface area (Å²) in [5.74, 6) is 0.0113. The molecular weight excluding hydrogens is 518 g/mol. The predicted molar refractivity (Wildman–Crippen MR) is 141 cm³/mol. The van der Waals surface area contributed by atoms with Gasteiger partial charge in [0.05, 0.1) is 16.3 Å². The van der Waals surface area contributed by atoms with Gasteiger partial charge in [0, 0.05) is 30.2 Å². The van der Waals surface area contributed by atoms with Crippen molar-refractivity contribution in [3.63, 3.8) is 0 Å². The van der Waals surface area contributed by atoms with Crippen LogP contribution in [-0.2, 0) is 31.4 Å². The summed E-state index contributed by atoms with van der Waals surface area (Å²) in [6.07, 6.45) is 1.60. The number of rotatable bonds is 9. The summed E-state index contributed by atoms with van der Waals surface area (Å²) in [5, 5.41) is 4.56. The zero-order valence-corrected chi connectivity index (χ0v) is 22.4. The van der Waals surface area contributed by atoms with Crippen molar-refractivity contribution >= 4 is 43.0 Å². The number of sulfonamides is 2. The van der Waals surface area contributed by atoms with Crippen LogP contribution in [0.1, 0.15) is 24.6 Å². The molecule has 192 valence electrons. The molecule has 1 N–H and O–H groups in total. The highest BCUT2D eigenvalue weighted by Crippen LogP contribution is 2.26. The Balaban J connectivity index is 1.55. The summed E-state index contributed by atoms with van der Waals surface area (Å²) in [4.78, 5) is 13.5. The molecule has 2 aromatic carbocycles. The zero-order valence-electron chi connectivity index (χ0n) is 19.9. The van der Waals surface area contributed by atoms with Crippen LogP contribution in [0, 0.1) is 5.92 Å².